The quantitative estimate of drug-likeness (QED) is 0.671. The van der Waals surface area contributed by atoms with E-state index in [9.17, 15) is 4.79 Å². The summed E-state index contributed by atoms with van der Waals surface area (Å²) in [6.07, 6.45) is 4.83. The number of nitrogens with one attached hydrogen (secondary N) is 2. The van der Waals surface area contributed by atoms with Crippen LogP contribution in [0.1, 0.15) is 37.7 Å². The lowest BCUT2D eigenvalue weighted by Crippen LogP contribution is -2.43. The third-order valence-corrected chi connectivity index (χ3v) is 5.10. The summed E-state index contributed by atoms with van der Waals surface area (Å²) in [4.78, 5) is 12.5. The van der Waals surface area contributed by atoms with E-state index in [0.717, 1.165) is 44.3 Å². The van der Waals surface area contributed by atoms with E-state index < -0.39 is 0 Å². The number of hydrogen-bond acceptors (Lipinski definition) is 4. The number of ether oxygens (including phenoxy) is 1. The fraction of sp³-hybridized carbons (Fsp3) is 0.611. The maximum atomic E-state index is 12.5. The molecule has 1 aliphatic heterocycles. The highest BCUT2D eigenvalue weighted by molar-refractivity contribution is 6.06. The molecule has 1 saturated carbocycles. The molecule has 0 saturated heterocycles. The van der Waals surface area contributed by atoms with Crippen molar-refractivity contribution in [1.82, 2.24) is 5.32 Å². The Kier molecular flexibility index (Phi) is 5.30. The van der Waals surface area contributed by atoms with Gasteiger partial charge in [-0.2, -0.15) is 0 Å². The SMILES string of the molecule is O=C1Nc2ccccc2C12CCC(NCCCOCCO)CC2. The summed E-state index contributed by atoms with van der Waals surface area (Å²) < 4.78 is 5.26. The van der Waals surface area contributed by atoms with Gasteiger partial charge in [0.15, 0.2) is 0 Å². The van der Waals surface area contributed by atoms with Gasteiger partial charge < -0.3 is 20.5 Å². The molecule has 1 aromatic rings. The monoisotopic (exact) mass is 318 g/mol. The summed E-state index contributed by atoms with van der Waals surface area (Å²) in [7, 11) is 0. The van der Waals surface area contributed by atoms with E-state index in [4.69, 9.17) is 9.84 Å². The highest BCUT2D eigenvalue weighted by Crippen LogP contribution is 2.47. The molecule has 0 bridgehead atoms. The Balaban J connectivity index is 1.48. The van der Waals surface area contributed by atoms with Crippen molar-refractivity contribution in [3.63, 3.8) is 0 Å². The number of benzene rings is 1. The van der Waals surface area contributed by atoms with E-state index in [-0.39, 0.29) is 17.9 Å². The van der Waals surface area contributed by atoms with Crippen LogP contribution < -0.4 is 10.6 Å². The molecule has 5 nitrogen and oxygen atoms in total. The van der Waals surface area contributed by atoms with Gasteiger partial charge in [-0.05, 0) is 50.3 Å². The number of para-hydroxylation sites is 1. The second kappa shape index (κ2) is 7.43. The Labute approximate surface area is 137 Å². The maximum Gasteiger partial charge on any atom is 0.235 e. The molecule has 1 spiro atoms. The number of carbonyl (C=O) groups is 1. The summed E-state index contributed by atoms with van der Waals surface area (Å²) in [6.45, 7) is 2.11. The zero-order chi connectivity index (χ0) is 16.1. The van der Waals surface area contributed by atoms with Crippen LogP contribution in [-0.4, -0.2) is 43.4 Å². The first-order chi connectivity index (χ1) is 11.3. The molecule has 1 aliphatic carbocycles. The summed E-state index contributed by atoms with van der Waals surface area (Å²) in [5.74, 6) is 0.176. The average molecular weight is 318 g/mol. The predicted octanol–water partition coefficient (Wildman–Crippen LogP) is 1.81. The topological polar surface area (TPSA) is 70.6 Å². The van der Waals surface area contributed by atoms with E-state index in [1.807, 2.05) is 18.2 Å². The molecular formula is C18H26N2O3. The minimum Gasteiger partial charge on any atom is -0.394 e. The molecule has 126 valence electrons. The van der Waals surface area contributed by atoms with Crippen LogP contribution in [0.15, 0.2) is 24.3 Å². The van der Waals surface area contributed by atoms with Crippen LogP contribution in [0.2, 0.25) is 0 Å². The highest BCUT2D eigenvalue weighted by Gasteiger charge is 2.48. The Morgan fingerprint density at radius 3 is 2.83 bits per heavy atom. The van der Waals surface area contributed by atoms with Gasteiger partial charge in [-0.3, -0.25) is 4.79 Å². The van der Waals surface area contributed by atoms with Crippen molar-refractivity contribution in [2.75, 3.05) is 31.7 Å². The Morgan fingerprint density at radius 1 is 1.26 bits per heavy atom. The zero-order valence-corrected chi connectivity index (χ0v) is 13.5. The number of hydrogen-bond donors (Lipinski definition) is 3. The fourth-order valence-corrected chi connectivity index (χ4v) is 3.83. The van der Waals surface area contributed by atoms with E-state index in [1.165, 1.54) is 5.56 Å². The van der Waals surface area contributed by atoms with Crippen LogP contribution in [-0.2, 0) is 14.9 Å². The second-order valence-corrected chi connectivity index (χ2v) is 6.50. The summed E-state index contributed by atoms with van der Waals surface area (Å²) >= 11 is 0. The van der Waals surface area contributed by atoms with Gasteiger partial charge in [0.1, 0.15) is 0 Å². The molecule has 3 rings (SSSR count). The molecule has 2 aliphatic rings. The predicted molar refractivity (Wildman–Crippen MR) is 89.5 cm³/mol. The number of carbonyl (C=O) groups excluding carboxylic acids is 1. The number of rotatable bonds is 7. The molecule has 0 atom stereocenters. The van der Waals surface area contributed by atoms with Crippen molar-refractivity contribution >= 4 is 11.6 Å². The van der Waals surface area contributed by atoms with Crippen molar-refractivity contribution in [3.8, 4) is 0 Å². The Bertz CT molecular complexity index is 539. The smallest absolute Gasteiger partial charge is 0.235 e. The van der Waals surface area contributed by atoms with Crippen LogP contribution in [0.3, 0.4) is 0 Å². The Hall–Kier alpha value is -1.43. The standard InChI is InChI=1S/C18H26N2O3/c21-11-13-23-12-3-10-19-14-6-8-18(9-7-14)15-4-1-2-5-16(15)20-17(18)22/h1-2,4-5,14,19,21H,3,6-13H2,(H,20,22). The van der Waals surface area contributed by atoms with Gasteiger partial charge in [-0.25, -0.2) is 0 Å². The molecule has 1 fully saturated rings. The van der Waals surface area contributed by atoms with Gasteiger partial charge in [-0.15, -0.1) is 0 Å². The maximum absolute atomic E-state index is 12.5. The van der Waals surface area contributed by atoms with E-state index in [2.05, 4.69) is 16.7 Å². The lowest BCUT2D eigenvalue weighted by Gasteiger charge is -2.36. The van der Waals surface area contributed by atoms with Crippen LogP contribution in [0.4, 0.5) is 5.69 Å². The first-order valence-corrected chi connectivity index (χ1v) is 8.59. The molecule has 23 heavy (non-hydrogen) atoms. The van der Waals surface area contributed by atoms with Gasteiger partial charge in [0.05, 0.1) is 18.6 Å². The van der Waals surface area contributed by atoms with Gasteiger partial charge in [-0.1, -0.05) is 18.2 Å². The molecule has 1 heterocycles. The molecule has 0 unspecified atom stereocenters. The number of amides is 1. The van der Waals surface area contributed by atoms with Crippen molar-refractivity contribution in [2.24, 2.45) is 0 Å². The molecule has 1 amide bonds. The minimum absolute atomic E-state index is 0.0850. The van der Waals surface area contributed by atoms with Crippen LogP contribution >= 0.6 is 0 Å². The van der Waals surface area contributed by atoms with Crippen molar-refractivity contribution in [2.45, 2.75) is 43.6 Å². The van der Waals surface area contributed by atoms with Crippen molar-refractivity contribution in [3.05, 3.63) is 29.8 Å². The van der Waals surface area contributed by atoms with Gasteiger partial charge in [0.25, 0.3) is 0 Å². The van der Waals surface area contributed by atoms with Crippen molar-refractivity contribution in [1.29, 1.82) is 0 Å². The summed E-state index contributed by atoms with van der Waals surface area (Å²) in [5, 5.41) is 15.3. The largest absolute Gasteiger partial charge is 0.394 e. The van der Waals surface area contributed by atoms with E-state index in [0.29, 0.717) is 19.3 Å². The number of anilines is 1. The highest BCUT2D eigenvalue weighted by atomic mass is 16.5. The number of aliphatic hydroxyl groups is 1. The summed E-state index contributed by atoms with van der Waals surface area (Å²) in [6, 6.07) is 8.58. The van der Waals surface area contributed by atoms with Crippen LogP contribution in [0.5, 0.6) is 0 Å². The van der Waals surface area contributed by atoms with E-state index >= 15 is 0 Å². The number of fused-ring (bicyclic) bond motifs is 2. The normalized spacial score (nSPS) is 26.3. The molecular weight excluding hydrogens is 292 g/mol. The minimum atomic E-state index is -0.307. The van der Waals surface area contributed by atoms with Crippen molar-refractivity contribution < 1.29 is 14.6 Å². The lowest BCUT2D eigenvalue weighted by atomic mass is 9.69. The van der Waals surface area contributed by atoms with Gasteiger partial charge >= 0.3 is 0 Å². The van der Waals surface area contributed by atoms with Gasteiger partial charge in [0.2, 0.25) is 5.91 Å². The number of aliphatic hydroxyl groups excluding tert-OH is 1. The van der Waals surface area contributed by atoms with Crippen LogP contribution in [0.25, 0.3) is 0 Å². The second-order valence-electron chi connectivity index (χ2n) is 6.50. The first kappa shape index (κ1) is 16.4. The Morgan fingerprint density at radius 2 is 2.04 bits per heavy atom. The first-order valence-electron chi connectivity index (χ1n) is 8.59. The lowest BCUT2D eigenvalue weighted by molar-refractivity contribution is -0.122. The molecule has 3 N–H and O–H groups in total. The third-order valence-electron chi connectivity index (χ3n) is 5.10. The molecule has 5 heteroatoms. The zero-order valence-electron chi connectivity index (χ0n) is 13.5. The van der Waals surface area contributed by atoms with E-state index in [1.54, 1.807) is 0 Å². The van der Waals surface area contributed by atoms with Crippen LogP contribution in [0, 0.1) is 0 Å². The van der Waals surface area contributed by atoms with Gasteiger partial charge in [0, 0.05) is 18.3 Å². The third kappa shape index (κ3) is 3.42. The molecule has 0 aromatic heterocycles. The summed E-state index contributed by atoms with van der Waals surface area (Å²) in [5.41, 5.74) is 1.87. The average Bonchev–Trinajstić information content (AvgIpc) is 2.85. The molecule has 1 aromatic carbocycles. The molecule has 0 radical (unpaired) electrons. The fourth-order valence-electron chi connectivity index (χ4n) is 3.83.